The van der Waals surface area contributed by atoms with E-state index in [4.69, 9.17) is 0 Å². The number of amides is 2. The molecular weight excluding hydrogens is 278 g/mol. The SMILES string of the molecule is CCC(=O)NCCN(C(C)=O)c1ccc(N2CCCC2)cc1. The fraction of sp³-hybridized carbons (Fsp3) is 0.529. The number of anilines is 2. The van der Waals surface area contributed by atoms with E-state index in [1.165, 1.54) is 18.5 Å². The predicted molar refractivity (Wildman–Crippen MR) is 89.2 cm³/mol. The molecule has 1 saturated heterocycles. The van der Waals surface area contributed by atoms with Crippen LogP contribution in [0.5, 0.6) is 0 Å². The van der Waals surface area contributed by atoms with Gasteiger partial charge in [-0.05, 0) is 37.1 Å². The van der Waals surface area contributed by atoms with Gasteiger partial charge in [0.25, 0.3) is 0 Å². The molecule has 5 heteroatoms. The second-order valence-electron chi connectivity index (χ2n) is 5.58. The van der Waals surface area contributed by atoms with Crippen LogP contribution in [0.2, 0.25) is 0 Å². The number of hydrogen-bond acceptors (Lipinski definition) is 3. The molecule has 0 aliphatic carbocycles. The van der Waals surface area contributed by atoms with Crippen molar-refractivity contribution in [1.29, 1.82) is 0 Å². The van der Waals surface area contributed by atoms with Crippen LogP contribution < -0.4 is 15.1 Å². The van der Waals surface area contributed by atoms with Crippen molar-refractivity contribution in [3.63, 3.8) is 0 Å². The van der Waals surface area contributed by atoms with Crippen LogP contribution in [0.25, 0.3) is 0 Å². The van der Waals surface area contributed by atoms with Crippen molar-refractivity contribution in [2.75, 3.05) is 36.0 Å². The molecule has 1 aromatic rings. The van der Waals surface area contributed by atoms with Crippen LogP contribution in [-0.4, -0.2) is 38.0 Å². The lowest BCUT2D eigenvalue weighted by Gasteiger charge is -2.23. The molecule has 0 saturated carbocycles. The second-order valence-corrected chi connectivity index (χ2v) is 5.58. The van der Waals surface area contributed by atoms with Gasteiger partial charge in [0, 0.05) is 50.9 Å². The lowest BCUT2D eigenvalue weighted by molar-refractivity contribution is -0.121. The van der Waals surface area contributed by atoms with Crippen molar-refractivity contribution in [1.82, 2.24) is 5.32 Å². The molecular formula is C17H25N3O2. The topological polar surface area (TPSA) is 52.7 Å². The summed E-state index contributed by atoms with van der Waals surface area (Å²) in [6.07, 6.45) is 2.96. The molecule has 5 nitrogen and oxygen atoms in total. The Bertz CT molecular complexity index is 507. The van der Waals surface area contributed by atoms with Crippen LogP contribution in [0.1, 0.15) is 33.1 Å². The highest BCUT2D eigenvalue weighted by Gasteiger charge is 2.14. The van der Waals surface area contributed by atoms with Gasteiger partial charge in [-0.3, -0.25) is 9.59 Å². The third-order valence-corrected chi connectivity index (χ3v) is 3.99. The van der Waals surface area contributed by atoms with E-state index in [-0.39, 0.29) is 11.8 Å². The molecule has 1 aliphatic rings. The summed E-state index contributed by atoms with van der Waals surface area (Å²) in [6, 6.07) is 8.11. The van der Waals surface area contributed by atoms with Gasteiger partial charge in [-0.1, -0.05) is 6.92 Å². The molecule has 1 fully saturated rings. The van der Waals surface area contributed by atoms with E-state index >= 15 is 0 Å². The average Bonchev–Trinajstić information content (AvgIpc) is 3.05. The van der Waals surface area contributed by atoms with Crippen LogP contribution in [-0.2, 0) is 9.59 Å². The predicted octanol–water partition coefficient (Wildman–Crippen LogP) is 2.17. The molecule has 1 aliphatic heterocycles. The van der Waals surface area contributed by atoms with E-state index in [9.17, 15) is 9.59 Å². The van der Waals surface area contributed by atoms with Gasteiger partial charge in [-0.15, -0.1) is 0 Å². The number of carbonyl (C=O) groups excluding carboxylic acids is 2. The summed E-state index contributed by atoms with van der Waals surface area (Å²) in [7, 11) is 0. The van der Waals surface area contributed by atoms with Crippen LogP contribution >= 0.6 is 0 Å². The van der Waals surface area contributed by atoms with Gasteiger partial charge in [0.2, 0.25) is 11.8 Å². The molecule has 0 spiro atoms. The Morgan fingerprint density at radius 3 is 2.36 bits per heavy atom. The summed E-state index contributed by atoms with van der Waals surface area (Å²) >= 11 is 0. The summed E-state index contributed by atoms with van der Waals surface area (Å²) in [5.74, 6) is -0.00690. The van der Waals surface area contributed by atoms with Crippen molar-refractivity contribution in [2.24, 2.45) is 0 Å². The van der Waals surface area contributed by atoms with E-state index in [0.717, 1.165) is 18.8 Å². The van der Waals surface area contributed by atoms with Crippen molar-refractivity contribution in [2.45, 2.75) is 33.1 Å². The van der Waals surface area contributed by atoms with Gasteiger partial charge >= 0.3 is 0 Å². The zero-order chi connectivity index (χ0) is 15.9. The summed E-state index contributed by atoms with van der Waals surface area (Å²) in [4.78, 5) is 27.2. The molecule has 2 rings (SSSR count). The lowest BCUT2D eigenvalue weighted by atomic mass is 10.2. The highest BCUT2D eigenvalue weighted by molar-refractivity contribution is 5.91. The van der Waals surface area contributed by atoms with Crippen LogP contribution in [0.4, 0.5) is 11.4 Å². The third kappa shape index (κ3) is 4.23. The summed E-state index contributed by atoms with van der Waals surface area (Å²) in [5.41, 5.74) is 2.09. The van der Waals surface area contributed by atoms with Crippen LogP contribution in [0.15, 0.2) is 24.3 Å². The van der Waals surface area contributed by atoms with Gasteiger partial charge in [-0.25, -0.2) is 0 Å². The Morgan fingerprint density at radius 2 is 1.82 bits per heavy atom. The molecule has 120 valence electrons. The minimum Gasteiger partial charge on any atom is -0.372 e. The largest absolute Gasteiger partial charge is 0.372 e. The maximum Gasteiger partial charge on any atom is 0.223 e. The van der Waals surface area contributed by atoms with Gasteiger partial charge in [0.1, 0.15) is 0 Å². The van der Waals surface area contributed by atoms with E-state index in [0.29, 0.717) is 19.5 Å². The number of rotatable bonds is 6. The Hall–Kier alpha value is -2.04. The van der Waals surface area contributed by atoms with E-state index in [1.54, 1.807) is 11.8 Å². The normalized spacial score (nSPS) is 14.0. The highest BCUT2D eigenvalue weighted by atomic mass is 16.2. The number of benzene rings is 1. The molecule has 1 heterocycles. The molecule has 0 unspecified atom stereocenters. The first-order valence-electron chi connectivity index (χ1n) is 8.01. The number of carbonyl (C=O) groups is 2. The van der Waals surface area contributed by atoms with E-state index in [2.05, 4.69) is 22.3 Å². The summed E-state index contributed by atoms with van der Waals surface area (Å²) < 4.78 is 0. The number of hydrogen-bond donors (Lipinski definition) is 1. The Labute approximate surface area is 132 Å². The minimum atomic E-state index is -0.0142. The third-order valence-electron chi connectivity index (χ3n) is 3.99. The lowest BCUT2D eigenvalue weighted by Crippen LogP contribution is -2.37. The molecule has 0 radical (unpaired) electrons. The zero-order valence-electron chi connectivity index (χ0n) is 13.5. The zero-order valence-corrected chi connectivity index (χ0v) is 13.5. The highest BCUT2D eigenvalue weighted by Crippen LogP contribution is 2.23. The first-order chi connectivity index (χ1) is 10.6. The van der Waals surface area contributed by atoms with Crippen LogP contribution in [0.3, 0.4) is 0 Å². The maximum atomic E-state index is 11.8. The fourth-order valence-electron chi connectivity index (χ4n) is 2.72. The van der Waals surface area contributed by atoms with E-state index < -0.39 is 0 Å². The van der Waals surface area contributed by atoms with Gasteiger partial charge < -0.3 is 15.1 Å². The molecule has 1 aromatic carbocycles. The van der Waals surface area contributed by atoms with Gasteiger partial charge in [-0.2, -0.15) is 0 Å². The fourth-order valence-corrected chi connectivity index (χ4v) is 2.72. The second kappa shape index (κ2) is 7.82. The number of nitrogens with zero attached hydrogens (tertiary/aromatic N) is 2. The Morgan fingerprint density at radius 1 is 1.18 bits per heavy atom. The maximum absolute atomic E-state index is 11.8. The summed E-state index contributed by atoms with van der Waals surface area (Å²) in [5, 5.41) is 2.80. The summed E-state index contributed by atoms with van der Waals surface area (Å²) in [6.45, 7) is 6.55. The quantitative estimate of drug-likeness (QED) is 0.876. The number of nitrogens with one attached hydrogen (secondary N) is 1. The Kier molecular flexibility index (Phi) is 5.81. The first kappa shape index (κ1) is 16.3. The molecule has 22 heavy (non-hydrogen) atoms. The first-order valence-corrected chi connectivity index (χ1v) is 8.01. The van der Waals surface area contributed by atoms with Crippen molar-refractivity contribution >= 4 is 23.2 Å². The van der Waals surface area contributed by atoms with Gasteiger partial charge in [0.05, 0.1) is 0 Å². The Balaban J connectivity index is 1.98. The van der Waals surface area contributed by atoms with Crippen molar-refractivity contribution in [3.8, 4) is 0 Å². The minimum absolute atomic E-state index is 0.00730. The smallest absolute Gasteiger partial charge is 0.223 e. The monoisotopic (exact) mass is 303 g/mol. The van der Waals surface area contributed by atoms with Crippen molar-refractivity contribution < 1.29 is 9.59 Å². The van der Waals surface area contributed by atoms with Crippen LogP contribution in [0, 0.1) is 0 Å². The molecule has 1 N–H and O–H groups in total. The molecule has 0 bridgehead atoms. The van der Waals surface area contributed by atoms with E-state index in [1.807, 2.05) is 19.1 Å². The van der Waals surface area contributed by atoms with Gasteiger partial charge in [0.15, 0.2) is 0 Å². The standard InChI is InChI=1S/C17H25N3O2/c1-3-17(22)18-10-13-20(14(2)21)16-8-6-15(7-9-16)19-11-4-5-12-19/h6-9H,3-5,10-13H2,1-2H3,(H,18,22). The molecule has 2 amide bonds. The molecule has 0 atom stereocenters. The average molecular weight is 303 g/mol. The van der Waals surface area contributed by atoms with Crippen molar-refractivity contribution in [3.05, 3.63) is 24.3 Å². The molecule has 0 aromatic heterocycles.